The van der Waals surface area contributed by atoms with Crippen molar-refractivity contribution in [2.75, 3.05) is 5.32 Å². The van der Waals surface area contributed by atoms with Gasteiger partial charge in [-0.3, -0.25) is 4.98 Å². The van der Waals surface area contributed by atoms with Crippen molar-refractivity contribution in [3.05, 3.63) is 71.6 Å². The number of aromatic nitrogens is 1. The van der Waals surface area contributed by atoms with Gasteiger partial charge in [0, 0.05) is 17.8 Å². The van der Waals surface area contributed by atoms with E-state index in [1.165, 1.54) is 12.1 Å². The average Bonchev–Trinajstić information content (AvgIpc) is 3.03. The predicted molar refractivity (Wildman–Crippen MR) is 82.0 cm³/mol. The molecule has 2 heterocycles. The topological polar surface area (TPSA) is 24.9 Å². The number of hydrogen-bond donors (Lipinski definition) is 1. The summed E-state index contributed by atoms with van der Waals surface area (Å²) in [7, 11) is 0. The van der Waals surface area contributed by atoms with Crippen molar-refractivity contribution >= 4 is 5.69 Å². The van der Waals surface area contributed by atoms with Crippen LogP contribution in [0.15, 0.2) is 54.7 Å². The lowest BCUT2D eigenvalue weighted by Gasteiger charge is -2.37. The minimum absolute atomic E-state index is 0.000515. The zero-order valence-electron chi connectivity index (χ0n) is 12.2. The molecule has 0 radical (unpaired) electrons. The number of benzene rings is 1. The van der Waals surface area contributed by atoms with E-state index in [2.05, 4.69) is 16.4 Å². The number of pyridine rings is 1. The molecule has 0 amide bonds. The molecule has 3 atom stereocenters. The van der Waals surface area contributed by atoms with Crippen LogP contribution in [-0.2, 0) is 6.18 Å². The molecule has 23 heavy (non-hydrogen) atoms. The van der Waals surface area contributed by atoms with Crippen LogP contribution in [0.1, 0.15) is 35.2 Å². The summed E-state index contributed by atoms with van der Waals surface area (Å²) in [5.41, 5.74) is 1.83. The van der Waals surface area contributed by atoms with Gasteiger partial charge in [0.15, 0.2) is 0 Å². The molecule has 2 nitrogen and oxygen atoms in total. The van der Waals surface area contributed by atoms with Crippen LogP contribution in [0.5, 0.6) is 0 Å². The highest BCUT2D eigenvalue weighted by Crippen LogP contribution is 2.50. The fourth-order valence-electron chi connectivity index (χ4n) is 3.62. The van der Waals surface area contributed by atoms with E-state index in [0.29, 0.717) is 0 Å². The number of allylic oxidation sites excluding steroid dienone is 2. The van der Waals surface area contributed by atoms with Crippen LogP contribution in [0, 0.1) is 5.92 Å². The average molecular weight is 316 g/mol. The van der Waals surface area contributed by atoms with Gasteiger partial charge in [-0.25, -0.2) is 0 Å². The molecule has 0 spiro atoms. The first-order valence-electron chi connectivity index (χ1n) is 7.59. The molecule has 1 N–H and O–H groups in total. The Morgan fingerprint density at radius 3 is 2.74 bits per heavy atom. The van der Waals surface area contributed by atoms with Crippen molar-refractivity contribution in [2.24, 2.45) is 5.92 Å². The molecule has 4 rings (SSSR count). The molecule has 1 aromatic heterocycles. The van der Waals surface area contributed by atoms with Crippen LogP contribution in [0.3, 0.4) is 0 Å². The molecule has 1 aromatic carbocycles. The number of anilines is 1. The second-order valence-corrected chi connectivity index (χ2v) is 6.03. The number of nitrogens with zero attached hydrogens (tertiary/aromatic N) is 1. The Kier molecular flexibility index (Phi) is 3.18. The highest BCUT2D eigenvalue weighted by molar-refractivity contribution is 5.60. The van der Waals surface area contributed by atoms with Gasteiger partial charge in [0.1, 0.15) is 0 Å². The molecule has 2 aliphatic rings. The van der Waals surface area contributed by atoms with Crippen molar-refractivity contribution < 1.29 is 13.2 Å². The zero-order valence-corrected chi connectivity index (χ0v) is 12.2. The highest BCUT2D eigenvalue weighted by atomic mass is 19.4. The van der Waals surface area contributed by atoms with Crippen molar-refractivity contribution in [1.29, 1.82) is 0 Å². The molecule has 0 bridgehead atoms. The minimum atomic E-state index is -4.31. The minimum Gasteiger partial charge on any atom is -0.376 e. The first-order chi connectivity index (χ1) is 11.0. The van der Waals surface area contributed by atoms with Gasteiger partial charge >= 0.3 is 6.18 Å². The van der Waals surface area contributed by atoms with Gasteiger partial charge < -0.3 is 5.32 Å². The van der Waals surface area contributed by atoms with E-state index in [9.17, 15) is 13.2 Å². The Labute approximate surface area is 132 Å². The van der Waals surface area contributed by atoms with Gasteiger partial charge in [-0.05, 0) is 48.2 Å². The molecule has 0 fully saturated rings. The van der Waals surface area contributed by atoms with E-state index >= 15 is 0 Å². The van der Waals surface area contributed by atoms with E-state index in [4.69, 9.17) is 0 Å². The normalized spacial score (nSPS) is 25.6. The number of halogens is 3. The second-order valence-electron chi connectivity index (χ2n) is 6.03. The van der Waals surface area contributed by atoms with Gasteiger partial charge in [0.25, 0.3) is 0 Å². The molecule has 1 aliphatic carbocycles. The monoisotopic (exact) mass is 316 g/mol. The maximum Gasteiger partial charge on any atom is 0.416 e. The number of nitrogens with one attached hydrogen (secondary N) is 1. The largest absolute Gasteiger partial charge is 0.416 e. The molecular formula is C18H15F3N2. The Morgan fingerprint density at radius 2 is 2.00 bits per heavy atom. The summed E-state index contributed by atoms with van der Waals surface area (Å²) in [5.74, 6) is 0.196. The number of hydrogen-bond acceptors (Lipinski definition) is 2. The van der Waals surface area contributed by atoms with Gasteiger partial charge in [-0.2, -0.15) is 13.2 Å². The van der Waals surface area contributed by atoms with Crippen LogP contribution in [0.25, 0.3) is 0 Å². The van der Waals surface area contributed by atoms with Gasteiger partial charge in [0.05, 0.1) is 17.3 Å². The van der Waals surface area contributed by atoms with Gasteiger partial charge in [0.2, 0.25) is 0 Å². The lowest BCUT2D eigenvalue weighted by Crippen LogP contribution is -2.30. The summed E-state index contributed by atoms with van der Waals surface area (Å²) >= 11 is 0. The SMILES string of the molecule is FC(F)(F)c1ccc2c(c1)[C@H]1C=CC[C@H]1[C@H](c1ccccn1)N2. The first-order valence-corrected chi connectivity index (χ1v) is 7.59. The Bertz CT molecular complexity index is 753. The molecule has 118 valence electrons. The Hall–Kier alpha value is -2.30. The molecule has 5 heteroatoms. The summed E-state index contributed by atoms with van der Waals surface area (Å²) in [5, 5.41) is 3.39. The van der Waals surface area contributed by atoms with E-state index in [0.717, 1.165) is 29.4 Å². The summed E-state index contributed by atoms with van der Waals surface area (Å²) in [6.45, 7) is 0. The summed E-state index contributed by atoms with van der Waals surface area (Å²) in [4.78, 5) is 4.42. The molecule has 1 aliphatic heterocycles. The third-order valence-corrected chi connectivity index (χ3v) is 4.70. The fraction of sp³-hybridized carbons (Fsp3) is 0.278. The van der Waals surface area contributed by atoms with Crippen LogP contribution in [-0.4, -0.2) is 4.98 Å². The number of alkyl halides is 3. The third kappa shape index (κ3) is 2.40. The molecule has 0 unspecified atom stereocenters. The maximum atomic E-state index is 13.0. The van der Waals surface area contributed by atoms with Crippen LogP contribution in [0.4, 0.5) is 18.9 Å². The number of fused-ring (bicyclic) bond motifs is 3. The van der Waals surface area contributed by atoms with E-state index in [1.54, 1.807) is 6.20 Å². The van der Waals surface area contributed by atoms with Gasteiger partial charge in [-0.15, -0.1) is 0 Å². The van der Waals surface area contributed by atoms with E-state index in [1.807, 2.05) is 24.3 Å². The van der Waals surface area contributed by atoms with Crippen LogP contribution in [0.2, 0.25) is 0 Å². The van der Waals surface area contributed by atoms with Gasteiger partial charge in [-0.1, -0.05) is 18.2 Å². The Balaban J connectivity index is 1.78. The second kappa shape index (κ2) is 5.11. The van der Waals surface area contributed by atoms with E-state index < -0.39 is 11.7 Å². The summed E-state index contributed by atoms with van der Waals surface area (Å²) in [6.07, 6.45) is 2.36. The quantitative estimate of drug-likeness (QED) is 0.755. The van der Waals surface area contributed by atoms with Crippen molar-refractivity contribution in [1.82, 2.24) is 4.98 Å². The Morgan fingerprint density at radius 1 is 1.13 bits per heavy atom. The molecule has 0 saturated carbocycles. The number of rotatable bonds is 1. The zero-order chi connectivity index (χ0) is 16.0. The van der Waals surface area contributed by atoms with Crippen molar-refractivity contribution in [3.63, 3.8) is 0 Å². The van der Waals surface area contributed by atoms with Crippen molar-refractivity contribution in [2.45, 2.75) is 24.6 Å². The van der Waals surface area contributed by atoms with Crippen LogP contribution < -0.4 is 5.32 Å². The fourth-order valence-corrected chi connectivity index (χ4v) is 3.62. The molecule has 2 aromatic rings. The lowest BCUT2D eigenvalue weighted by atomic mass is 9.77. The lowest BCUT2D eigenvalue weighted by molar-refractivity contribution is -0.137. The van der Waals surface area contributed by atoms with Crippen LogP contribution >= 0.6 is 0 Å². The summed E-state index contributed by atoms with van der Waals surface area (Å²) in [6, 6.07) is 9.73. The smallest absolute Gasteiger partial charge is 0.376 e. The third-order valence-electron chi connectivity index (χ3n) is 4.70. The summed E-state index contributed by atoms with van der Waals surface area (Å²) < 4.78 is 39.0. The molecular weight excluding hydrogens is 301 g/mol. The maximum absolute atomic E-state index is 13.0. The highest BCUT2D eigenvalue weighted by Gasteiger charge is 2.40. The molecule has 0 saturated heterocycles. The van der Waals surface area contributed by atoms with Crippen molar-refractivity contribution in [3.8, 4) is 0 Å². The standard InChI is InChI=1S/C18H15F3N2/c19-18(20,21)11-7-8-15-14(10-11)12-4-3-5-13(12)17(23-15)16-6-1-2-9-22-16/h1-4,6-10,12-13,17,23H,5H2/t12-,13+,17+/m0/s1. The first kappa shape index (κ1) is 14.3. The van der Waals surface area contributed by atoms with E-state index in [-0.39, 0.29) is 17.9 Å². The predicted octanol–water partition coefficient (Wildman–Crippen LogP) is 4.93.